The molecule has 0 aromatic heterocycles. The molecule has 0 amide bonds. The van der Waals surface area contributed by atoms with Gasteiger partial charge in [0.05, 0.1) is 5.02 Å². The van der Waals surface area contributed by atoms with E-state index in [1.54, 1.807) is 12.1 Å². The van der Waals surface area contributed by atoms with Crippen molar-refractivity contribution in [3.63, 3.8) is 0 Å². The molecular formula is C12H15ClFN. The van der Waals surface area contributed by atoms with E-state index in [0.29, 0.717) is 6.04 Å². The number of fused-ring (bicyclic) bond motifs is 1. The van der Waals surface area contributed by atoms with Gasteiger partial charge in [-0.2, -0.15) is 0 Å². The Kier molecular flexibility index (Phi) is 2.87. The molecule has 82 valence electrons. The molecule has 1 aromatic carbocycles. The molecule has 1 aliphatic heterocycles. The maximum absolute atomic E-state index is 13.2. The number of hydrogen-bond donors (Lipinski definition) is 0. The summed E-state index contributed by atoms with van der Waals surface area (Å²) < 4.78 is 13.2. The smallest absolute Gasteiger partial charge is 0.142 e. The summed E-state index contributed by atoms with van der Waals surface area (Å²) in [5, 5.41) is 0.226. The highest BCUT2D eigenvalue weighted by Crippen LogP contribution is 2.34. The van der Waals surface area contributed by atoms with Gasteiger partial charge in [-0.25, -0.2) is 4.39 Å². The molecule has 1 aromatic rings. The van der Waals surface area contributed by atoms with Crippen molar-refractivity contribution in [3.8, 4) is 0 Å². The largest absolute Gasteiger partial charge is 0.368 e. The molecule has 2 rings (SSSR count). The average Bonchev–Trinajstić information content (AvgIpc) is 2.61. The number of rotatable bonds is 2. The van der Waals surface area contributed by atoms with E-state index in [1.807, 2.05) is 0 Å². The molecule has 0 saturated carbocycles. The molecule has 0 saturated heterocycles. The monoisotopic (exact) mass is 227 g/mol. The molecule has 1 atom stereocenters. The second kappa shape index (κ2) is 4.01. The number of halogens is 2. The van der Waals surface area contributed by atoms with Crippen LogP contribution in [0, 0.1) is 5.82 Å². The van der Waals surface area contributed by atoms with Crippen LogP contribution in [0.4, 0.5) is 10.1 Å². The van der Waals surface area contributed by atoms with Crippen molar-refractivity contribution in [3.05, 3.63) is 28.5 Å². The highest BCUT2D eigenvalue weighted by atomic mass is 35.5. The molecule has 3 heteroatoms. The minimum absolute atomic E-state index is 0.226. The van der Waals surface area contributed by atoms with Crippen molar-refractivity contribution in [2.45, 2.75) is 32.7 Å². The fraction of sp³-hybridized carbons (Fsp3) is 0.500. The molecule has 15 heavy (non-hydrogen) atoms. The van der Waals surface area contributed by atoms with Gasteiger partial charge in [-0.15, -0.1) is 0 Å². The van der Waals surface area contributed by atoms with Crippen LogP contribution >= 0.6 is 11.6 Å². The van der Waals surface area contributed by atoms with E-state index >= 15 is 0 Å². The SMILES string of the molecule is CCC(C)N1CCc2cc(F)c(Cl)cc21. The Balaban J connectivity index is 2.38. The zero-order chi connectivity index (χ0) is 11.0. The van der Waals surface area contributed by atoms with Crippen LogP contribution in [-0.2, 0) is 6.42 Å². The molecular weight excluding hydrogens is 213 g/mol. The predicted molar refractivity (Wildman–Crippen MR) is 62.2 cm³/mol. The van der Waals surface area contributed by atoms with Crippen LogP contribution in [-0.4, -0.2) is 12.6 Å². The minimum atomic E-state index is -0.304. The minimum Gasteiger partial charge on any atom is -0.368 e. The quantitative estimate of drug-likeness (QED) is 0.746. The Hall–Kier alpha value is -0.760. The Morgan fingerprint density at radius 3 is 2.93 bits per heavy atom. The van der Waals surface area contributed by atoms with Gasteiger partial charge < -0.3 is 4.90 Å². The second-order valence-electron chi connectivity index (χ2n) is 4.10. The Bertz CT molecular complexity index is 378. The lowest BCUT2D eigenvalue weighted by atomic mass is 10.1. The first-order valence-electron chi connectivity index (χ1n) is 5.38. The first-order valence-corrected chi connectivity index (χ1v) is 5.75. The lowest BCUT2D eigenvalue weighted by Gasteiger charge is -2.26. The van der Waals surface area contributed by atoms with Crippen molar-refractivity contribution in [2.24, 2.45) is 0 Å². The summed E-state index contributed by atoms with van der Waals surface area (Å²) in [7, 11) is 0. The number of benzene rings is 1. The van der Waals surface area contributed by atoms with Crippen LogP contribution in [0.1, 0.15) is 25.8 Å². The van der Waals surface area contributed by atoms with Crippen LogP contribution in [0.25, 0.3) is 0 Å². The molecule has 0 radical (unpaired) electrons. The van der Waals surface area contributed by atoms with E-state index in [1.165, 1.54) is 0 Å². The molecule has 1 heterocycles. The van der Waals surface area contributed by atoms with E-state index in [0.717, 1.165) is 30.6 Å². The fourth-order valence-electron chi connectivity index (χ4n) is 2.08. The summed E-state index contributed by atoms with van der Waals surface area (Å²) in [6.45, 7) is 5.32. The summed E-state index contributed by atoms with van der Waals surface area (Å²) in [6, 6.07) is 3.82. The Morgan fingerprint density at radius 2 is 2.27 bits per heavy atom. The number of anilines is 1. The standard InChI is InChI=1S/C12H15ClFN/c1-3-8(2)15-5-4-9-6-11(14)10(13)7-12(9)15/h6-8H,3-5H2,1-2H3. The average molecular weight is 228 g/mol. The van der Waals surface area contributed by atoms with E-state index in [2.05, 4.69) is 18.7 Å². The van der Waals surface area contributed by atoms with Crippen molar-refractivity contribution < 1.29 is 4.39 Å². The van der Waals surface area contributed by atoms with E-state index < -0.39 is 0 Å². The molecule has 0 N–H and O–H groups in total. The molecule has 0 bridgehead atoms. The molecule has 1 aliphatic rings. The molecule has 0 aliphatic carbocycles. The predicted octanol–water partition coefficient (Wildman–Crippen LogP) is 3.64. The van der Waals surface area contributed by atoms with Gasteiger partial charge in [0.2, 0.25) is 0 Å². The number of nitrogens with zero attached hydrogens (tertiary/aromatic N) is 1. The van der Waals surface area contributed by atoms with Crippen LogP contribution in [0.5, 0.6) is 0 Å². The molecule has 0 spiro atoms. The van der Waals surface area contributed by atoms with E-state index in [4.69, 9.17) is 11.6 Å². The zero-order valence-corrected chi connectivity index (χ0v) is 9.81. The lowest BCUT2D eigenvalue weighted by molar-refractivity contribution is 0.626. The lowest BCUT2D eigenvalue weighted by Crippen LogP contribution is -2.30. The molecule has 1 unspecified atom stereocenters. The summed E-state index contributed by atoms with van der Waals surface area (Å²) in [4.78, 5) is 2.31. The fourth-order valence-corrected chi connectivity index (χ4v) is 2.24. The van der Waals surface area contributed by atoms with E-state index in [9.17, 15) is 4.39 Å². The second-order valence-corrected chi connectivity index (χ2v) is 4.50. The van der Waals surface area contributed by atoms with Crippen molar-refractivity contribution in [1.29, 1.82) is 0 Å². The summed E-state index contributed by atoms with van der Waals surface area (Å²) in [5.74, 6) is -0.304. The van der Waals surface area contributed by atoms with Crippen molar-refractivity contribution >= 4 is 17.3 Å². The van der Waals surface area contributed by atoms with Crippen LogP contribution in [0.2, 0.25) is 5.02 Å². The third kappa shape index (κ3) is 1.83. The van der Waals surface area contributed by atoms with Crippen LogP contribution < -0.4 is 4.90 Å². The highest BCUT2D eigenvalue weighted by molar-refractivity contribution is 6.31. The van der Waals surface area contributed by atoms with Gasteiger partial charge in [0.15, 0.2) is 0 Å². The Labute approximate surface area is 94.8 Å². The summed E-state index contributed by atoms with van der Waals surface area (Å²) in [6.07, 6.45) is 2.02. The van der Waals surface area contributed by atoms with Gasteiger partial charge in [-0.3, -0.25) is 0 Å². The normalized spacial score (nSPS) is 16.7. The highest BCUT2D eigenvalue weighted by Gasteiger charge is 2.23. The molecule has 0 fully saturated rings. The first kappa shape index (κ1) is 10.7. The molecule has 1 nitrogen and oxygen atoms in total. The van der Waals surface area contributed by atoms with Gasteiger partial charge in [0, 0.05) is 18.3 Å². The van der Waals surface area contributed by atoms with Gasteiger partial charge >= 0.3 is 0 Å². The topological polar surface area (TPSA) is 3.24 Å². The maximum atomic E-state index is 13.2. The first-order chi connectivity index (χ1) is 7.13. The zero-order valence-electron chi connectivity index (χ0n) is 9.06. The summed E-state index contributed by atoms with van der Waals surface area (Å²) in [5.41, 5.74) is 2.19. The van der Waals surface area contributed by atoms with Gasteiger partial charge in [-0.1, -0.05) is 18.5 Å². The third-order valence-electron chi connectivity index (χ3n) is 3.18. The Morgan fingerprint density at radius 1 is 1.53 bits per heavy atom. The van der Waals surface area contributed by atoms with Crippen molar-refractivity contribution in [1.82, 2.24) is 0 Å². The summed E-state index contributed by atoms with van der Waals surface area (Å²) >= 11 is 5.80. The van der Waals surface area contributed by atoms with Crippen molar-refractivity contribution in [2.75, 3.05) is 11.4 Å². The van der Waals surface area contributed by atoms with Crippen LogP contribution in [0.3, 0.4) is 0 Å². The van der Waals surface area contributed by atoms with Gasteiger partial charge in [0.25, 0.3) is 0 Å². The van der Waals surface area contributed by atoms with Gasteiger partial charge in [-0.05, 0) is 37.5 Å². The van der Waals surface area contributed by atoms with Gasteiger partial charge in [0.1, 0.15) is 5.82 Å². The van der Waals surface area contributed by atoms with E-state index in [-0.39, 0.29) is 10.8 Å². The number of hydrogen-bond acceptors (Lipinski definition) is 1. The maximum Gasteiger partial charge on any atom is 0.142 e. The third-order valence-corrected chi connectivity index (χ3v) is 3.47. The van der Waals surface area contributed by atoms with Crippen LogP contribution in [0.15, 0.2) is 12.1 Å².